The van der Waals surface area contributed by atoms with Gasteiger partial charge in [0.1, 0.15) is 17.1 Å². The van der Waals surface area contributed by atoms with Gasteiger partial charge in [-0.1, -0.05) is 71.5 Å². The minimum absolute atomic E-state index is 0.195. The van der Waals surface area contributed by atoms with E-state index < -0.39 is 24.0 Å². The largest absolute Gasteiger partial charge is 0.313 e. The van der Waals surface area contributed by atoms with Crippen LogP contribution in [-0.2, 0) is 14.4 Å². The van der Waals surface area contributed by atoms with Crippen molar-refractivity contribution in [3.63, 3.8) is 0 Å². The molecule has 36 heavy (non-hydrogen) atoms. The van der Waals surface area contributed by atoms with E-state index in [1.807, 2.05) is 61.5 Å². The second kappa shape index (κ2) is 8.74. The smallest absolute Gasteiger partial charge is 0.273 e. The van der Waals surface area contributed by atoms with Gasteiger partial charge in [0.05, 0.1) is 21.9 Å². The average molecular weight is 518 g/mol. The number of hydrogen-bond donors (Lipinski definition) is 0. The molecule has 2 fully saturated rings. The van der Waals surface area contributed by atoms with Gasteiger partial charge in [0.25, 0.3) is 5.91 Å². The van der Waals surface area contributed by atoms with Crippen molar-refractivity contribution in [3.8, 4) is 5.69 Å². The van der Waals surface area contributed by atoms with E-state index in [2.05, 4.69) is 0 Å². The van der Waals surface area contributed by atoms with Gasteiger partial charge in [-0.2, -0.15) is 0 Å². The van der Waals surface area contributed by atoms with E-state index in [0.717, 1.165) is 16.9 Å². The fourth-order valence-electron chi connectivity index (χ4n) is 4.85. The van der Waals surface area contributed by atoms with Crippen LogP contribution in [0.25, 0.3) is 5.69 Å². The molecule has 2 saturated heterocycles. The minimum atomic E-state index is -1.04. The number of hydroxylamine groups is 1. The van der Waals surface area contributed by atoms with Crippen molar-refractivity contribution in [1.82, 2.24) is 4.57 Å². The quantitative estimate of drug-likeness (QED) is 0.360. The molecule has 180 valence electrons. The summed E-state index contributed by atoms with van der Waals surface area (Å²) in [5.74, 6) is -1.70. The van der Waals surface area contributed by atoms with Crippen molar-refractivity contribution >= 4 is 46.1 Å². The highest BCUT2D eigenvalue weighted by Crippen LogP contribution is 2.50. The minimum Gasteiger partial charge on any atom is -0.273 e. The van der Waals surface area contributed by atoms with Gasteiger partial charge in [-0.3, -0.25) is 23.8 Å². The Morgan fingerprint density at radius 2 is 1.44 bits per heavy atom. The summed E-state index contributed by atoms with van der Waals surface area (Å²) in [5, 5.41) is 1.74. The van der Waals surface area contributed by atoms with Gasteiger partial charge in [-0.15, -0.1) is 0 Å². The number of rotatable bonds is 4. The number of hydrogen-bond acceptors (Lipinski definition) is 6. The summed E-state index contributed by atoms with van der Waals surface area (Å²) >= 11 is 7.78. The predicted octanol–water partition coefficient (Wildman–Crippen LogP) is 4.91. The lowest BCUT2D eigenvalue weighted by molar-refractivity contribution is -0.126. The van der Waals surface area contributed by atoms with E-state index in [9.17, 15) is 14.4 Å². The van der Waals surface area contributed by atoms with Crippen LogP contribution < -0.4 is 14.8 Å². The lowest BCUT2D eigenvalue weighted by Crippen LogP contribution is -2.37. The molecular formula is C27H20ClN3O4S. The molecule has 0 radical (unpaired) electrons. The summed E-state index contributed by atoms with van der Waals surface area (Å²) in [4.78, 5) is 47.9. The number of nitrogens with zero attached hydrogens (tertiary/aromatic N) is 3. The van der Waals surface area contributed by atoms with Crippen LogP contribution in [0.4, 0.5) is 11.4 Å². The zero-order valence-corrected chi connectivity index (χ0v) is 20.6. The monoisotopic (exact) mass is 517 g/mol. The fraction of sp³-hybridized carbons (Fsp3) is 0.148. The summed E-state index contributed by atoms with van der Waals surface area (Å²) < 4.78 is 1.41. The van der Waals surface area contributed by atoms with Gasteiger partial charge in [0, 0.05) is 0 Å². The second-order valence-electron chi connectivity index (χ2n) is 8.70. The second-order valence-corrected chi connectivity index (χ2v) is 10.1. The third kappa shape index (κ3) is 3.49. The first-order chi connectivity index (χ1) is 17.5. The van der Waals surface area contributed by atoms with E-state index >= 15 is 0 Å². The molecule has 9 heteroatoms. The Hall–Kier alpha value is -3.72. The normalized spacial score (nSPS) is 21.3. The predicted molar refractivity (Wildman–Crippen MR) is 139 cm³/mol. The van der Waals surface area contributed by atoms with Gasteiger partial charge in [0.15, 0.2) is 6.10 Å². The molecule has 0 saturated carbocycles. The van der Waals surface area contributed by atoms with Gasteiger partial charge in [0.2, 0.25) is 5.91 Å². The van der Waals surface area contributed by atoms with Crippen LogP contribution in [0.1, 0.15) is 16.5 Å². The zero-order valence-electron chi connectivity index (χ0n) is 19.1. The number of aromatic nitrogens is 1. The van der Waals surface area contributed by atoms with Crippen molar-refractivity contribution in [2.45, 2.75) is 19.1 Å². The maximum Gasteiger partial charge on any atom is 0.313 e. The third-order valence-electron chi connectivity index (χ3n) is 6.45. The Bertz CT molecular complexity index is 1540. The summed E-state index contributed by atoms with van der Waals surface area (Å²) in [6, 6.07) is 24.7. The molecular weight excluding hydrogens is 498 g/mol. The van der Waals surface area contributed by atoms with Crippen LogP contribution >= 0.6 is 22.9 Å². The first-order valence-electron chi connectivity index (χ1n) is 11.4. The van der Waals surface area contributed by atoms with Gasteiger partial charge >= 0.3 is 4.87 Å². The van der Waals surface area contributed by atoms with Gasteiger partial charge in [-0.05, 0) is 48.9 Å². The number of carbonyl (C=O) groups is 2. The van der Waals surface area contributed by atoms with Crippen molar-refractivity contribution in [2.75, 3.05) is 9.96 Å². The molecule has 0 aliphatic carbocycles. The molecule has 0 N–H and O–H groups in total. The molecule has 6 rings (SSSR count). The number of aryl methyl sites for hydroxylation is 1. The first-order valence-corrected chi connectivity index (χ1v) is 12.6. The number of fused-ring (bicyclic) bond motifs is 1. The molecule has 2 amide bonds. The number of anilines is 2. The standard InChI is InChI=1S/C27H20ClN3O4S/c1-16-9-8-14-19(15-16)30-25(32)20-21(31(35-22(20)26(30)33)18-12-6-3-7-13-18)23-24(28)29(27(34)36-23)17-10-4-2-5-11-17/h2-15,20-22H,1H3/t20-,21-,22+/m1/s1. The topological polar surface area (TPSA) is 71.8 Å². The summed E-state index contributed by atoms with van der Waals surface area (Å²) in [6.07, 6.45) is -1.04. The fourth-order valence-corrected chi connectivity index (χ4v) is 6.32. The van der Waals surface area contributed by atoms with Crippen LogP contribution in [0.5, 0.6) is 0 Å². The molecule has 2 aliphatic rings. The summed E-state index contributed by atoms with van der Waals surface area (Å²) in [6.45, 7) is 1.90. The number of carbonyl (C=O) groups excluding carboxylic acids is 2. The molecule has 0 spiro atoms. The molecule has 3 aromatic carbocycles. The molecule has 7 nitrogen and oxygen atoms in total. The average Bonchev–Trinajstić information content (AvgIpc) is 3.49. The third-order valence-corrected chi connectivity index (χ3v) is 7.95. The lowest BCUT2D eigenvalue weighted by Gasteiger charge is -2.28. The number of benzene rings is 3. The Morgan fingerprint density at radius 1 is 0.806 bits per heavy atom. The number of halogens is 1. The van der Waals surface area contributed by atoms with Crippen LogP contribution in [0.2, 0.25) is 5.15 Å². The van der Waals surface area contributed by atoms with Crippen LogP contribution in [-0.4, -0.2) is 22.5 Å². The van der Waals surface area contributed by atoms with E-state index in [-0.39, 0.29) is 15.9 Å². The zero-order chi connectivity index (χ0) is 25.0. The number of imide groups is 1. The number of amides is 2. The maximum absolute atomic E-state index is 13.8. The first kappa shape index (κ1) is 22.7. The highest BCUT2D eigenvalue weighted by Gasteiger charge is 2.61. The number of para-hydroxylation sites is 2. The molecule has 0 bridgehead atoms. The Morgan fingerprint density at radius 3 is 2.11 bits per heavy atom. The van der Waals surface area contributed by atoms with Crippen LogP contribution in [0.3, 0.4) is 0 Å². The highest BCUT2D eigenvalue weighted by atomic mass is 35.5. The maximum atomic E-state index is 13.8. The molecule has 3 atom stereocenters. The van der Waals surface area contributed by atoms with Gasteiger partial charge < -0.3 is 0 Å². The van der Waals surface area contributed by atoms with E-state index in [1.165, 1.54) is 9.47 Å². The SMILES string of the molecule is Cc1cccc(N2C(=O)[C@H]3[C@H](ON(c4ccccc4)[C@H]3c3sc(=O)n(-c4ccccc4)c3Cl)C2=O)c1. The molecule has 2 aliphatic heterocycles. The lowest BCUT2D eigenvalue weighted by atomic mass is 9.95. The van der Waals surface area contributed by atoms with Crippen molar-refractivity contribution in [3.05, 3.63) is 110 Å². The molecule has 1 aromatic heterocycles. The van der Waals surface area contributed by atoms with Crippen LogP contribution in [0, 0.1) is 12.8 Å². The van der Waals surface area contributed by atoms with E-state index in [1.54, 1.807) is 35.4 Å². The van der Waals surface area contributed by atoms with Crippen molar-refractivity contribution < 1.29 is 14.4 Å². The summed E-state index contributed by atoms with van der Waals surface area (Å²) in [5.41, 5.74) is 2.69. The Labute approximate surface area is 215 Å². The van der Waals surface area contributed by atoms with Crippen LogP contribution in [0.15, 0.2) is 89.7 Å². The van der Waals surface area contributed by atoms with Crippen molar-refractivity contribution in [1.29, 1.82) is 0 Å². The summed E-state index contributed by atoms with van der Waals surface area (Å²) in [7, 11) is 0. The Balaban J connectivity index is 1.49. The van der Waals surface area contributed by atoms with E-state index in [0.29, 0.717) is 21.9 Å². The van der Waals surface area contributed by atoms with Crippen molar-refractivity contribution in [2.24, 2.45) is 5.92 Å². The molecule has 4 aromatic rings. The number of thiazole rings is 1. The van der Waals surface area contributed by atoms with Gasteiger partial charge in [-0.25, -0.2) is 9.96 Å². The molecule has 0 unspecified atom stereocenters. The molecule has 3 heterocycles. The van der Waals surface area contributed by atoms with E-state index in [4.69, 9.17) is 16.4 Å². The highest BCUT2D eigenvalue weighted by molar-refractivity contribution is 7.10. The Kier molecular flexibility index (Phi) is 5.52.